The third-order valence-corrected chi connectivity index (χ3v) is 12.1. The monoisotopic (exact) mass is 790 g/mol. The summed E-state index contributed by atoms with van der Waals surface area (Å²) in [6, 6.07) is 5.59. The Balaban J connectivity index is 1.39. The van der Waals surface area contributed by atoms with Crippen LogP contribution in [-0.4, -0.2) is 81.8 Å². The fraction of sp³-hybridized carbons (Fsp3) is 0.538. The summed E-state index contributed by atoms with van der Waals surface area (Å²) in [5.41, 5.74) is 1.35. The Hall–Kier alpha value is -4.70. The van der Waals surface area contributed by atoms with Crippen molar-refractivity contribution in [1.82, 2.24) is 31.2 Å². The van der Waals surface area contributed by atoms with Crippen LogP contribution in [0, 0.1) is 17.8 Å². The minimum Gasteiger partial charge on any atom is -0.474 e. The SMILES string of the molecule is CCC(C)[C@@H]1NC(=O)c2csc(n2)[C@@H](C(C)C)NC(=O)[C@H]2N=C(O[C@@H]2C)[C@H](C(C)C)NC(=O)c2csc(n2)[C@@H](Cc2ccccc2)NC(=O)[C@H]2N=C1O[C@@H]2C. The van der Waals surface area contributed by atoms with E-state index in [1.807, 2.05) is 71.9 Å². The number of nitrogens with one attached hydrogen (secondary N) is 4. The highest BCUT2D eigenvalue weighted by atomic mass is 32.1. The Bertz CT molecular complexity index is 1940. The number of nitrogens with zero attached hydrogens (tertiary/aromatic N) is 4. The lowest BCUT2D eigenvalue weighted by Gasteiger charge is -2.24. The van der Waals surface area contributed by atoms with E-state index in [-0.39, 0.29) is 52.8 Å². The maximum absolute atomic E-state index is 14.0. The van der Waals surface area contributed by atoms with Gasteiger partial charge in [-0.1, -0.05) is 78.3 Å². The number of ether oxygens (including phenoxy) is 2. The molecule has 3 aromatic rings. The first kappa shape index (κ1) is 40.0. The van der Waals surface area contributed by atoms with E-state index in [1.165, 1.54) is 22.7 Å². The number of aliphatic imine (C=N–C) groups is 2. The Morgan fingerprint density at radius 1 is 0.673 bits per heavy atom. The number of hydrogen-bond donors (Lipinski definition) is 4. The van der Waals surface area contributed by atoms with Gasteiger partial charge in [0.25, 0.3) is 11.8 Å². The summed E-state index contributed by atoms with van der Waals surface area (Å²) in [4.78, 5) is 74.2. The second-order valence-corrected chi connectivity index (χ2v) is 16.9. The van der Waals surface area contributed by atoms with Gasteiger partial charge in [-0.05, 0) is 43.6 Å². The molecule has 4 N–H and O–H groups in total. The molecule has 4 amide bonds. The van der Waals surface area contributed by atoms with Crippen LogP contribution in [0.25, 0.3) is 0 Å². The van der Waals surface area contributed by atoms with Gasteiger partial charge in [0, 0.05) is 10.8 Å². The largest absolute Gasteiger partial charge is 0.474 e. The molecule has 14 nitrogen and oxygen atoms in total. The minimum atomic E-state index is -0.892. The normalized spacial score (nSPS) is 28.2. The highest BCUT2D eigenvalue weighted by Gasteiger charge is 2.41. The van der Waals surface area contributed by atoms with E-state index in [0.29, 0.717) is 22.9 Å². The van der Waals surface area contributed by atoms with Crippen LogP contribution in [0.2, 0.25) is 0 Å². The minimum absolute atomic E-state index is 0.0673. The summed E-state index contributed by atoms with van der Waals surface area (Å²) >= 11 is 2.55. The molecule has 0 aliphatic carbocycles. The predicted molar refractivity (Wildman–Crippen MR) is 211 cm³/mol. The average molecular weight is 791 g/mol. The molecule has 5 heterocycles. The Morgan fingerprint density at radius 2 is 1.18 bits per heavy atom. The average Bonchev–Trinajstić information content (AvgIpc) is 3.98. The van der Waals surface area contributed by atoms with Crippen molar-refractivity contribution < 1.29 is 28.7 Å². The van der Waals surface area contributed by atoms with Gasteiger partial charge >= 0.3 is 0 Å². The van der Waals surface area contributed by atoms with Gasteiger partial charge in [0.1, 0.15) is 45.7 Å². The van der Waals surface area contributed by atoms with Gasteiger partial charge in [-0.3, -0.25) is 19.2 Å². The highest BCUT2D eigenvalue weighted by molar-refractivity contribution is 7.10. The second kappa shape index (κ2) is 17.0. The van der Waals surface area contributed by atoms with E-state index in [4.69, 9.17) is 19.5 Å². The fourth-order valence-electron chi connectivity index (χ4n) is 6.68. The molecule has 55 heavy (non-hydrogen) atoms. The van der Waals surface area contributed by atoms with E-state index in [2.05, 4.69) is 31.2 Å². The lowest BCUT2D eigenvalue weighted by atomic mass is 9.98. The molecule has 0 radical (unpaired) electrons. The lowest BCUT2D eigenvalue weighted by Crippen LogP contribution is -2.45. The first-order valence-electron chi connectivity index (χ1n) is 18.9. The topological polar surface area (TPSA) is 185 Å². The van der Waals surface area contributed by atoms with Crippen molar-refractivity contribution >= 4 is 58.1 Å². The lowest BCUT2D eigenvalue weighted by molar-refractivity contribution is -0.125. The van der Waals surface area contributed by atoms with E-state index in [0.717, 1.165) is 5.56 Å². The third kappa shape index (κ3) is 8.90. The van der Waals surface area contributed by atoms with E-state index < -0.39 is 60.3 Å². The van der Waals surface area contributed by atoms with Gasteiger partial charge < -0.3 is 30.7 Å². The van der Waals surface area contributed by atoms with Crippen molar-refractivity contribution in [2.45, 2.75) is 117 Å². The van der Waals surface area contributed by atoms with Crippen LogP contribution in [0.5, 0.6) is 0 Å². The second-order valence-electron chi connectivity index (χ2n) is 15.1. The van der Waals surface area contributed by atoms with Crippen LogP contribution in [-0.2, 0) is 25.5 Å². The van der Waals surface area contributed by atoms with Crippen molar-refractivity contribution in [3.63, 3.8) is 0 Å². The van der Waals surface area contributed by atoms with Gasteiger partial charge in [0.05, 0.1) is 12.1 Å². The molecular formula is C39H50N8O6S2. The van der Waals surface area contributed by atoms with Gasteiger partial charge in [0.15, 0.2) is 12.1 Å². The molecule has 3 aliphatic heterocycles. The van der Waals surface area contributed by atoms with Gasteiger partial charge in [-0.15, -0.1) is 22.7 Å². The number of carbonyl (C=O) groups excluding carboxylic acids is 4. The van der Waals surface area contributed by atoms with Crippen molar-refractivity contribution in [3.8, 4) is 0 Å². The van der Waals surface area contributed by atoms with Crippen molar-refractivity contribution in [2.24, 2.45) is 27.7 Å². The molecule has 294 valence electrons. The fourth-order valence-corrected chi connectivity index (χ4v) is 8.55. The van der Waals surface area contributed by atoms with Crippen LogP contribution < -0.4 is 21.3 Å². The summed E-state index contributed by atoms with van der Waals surface area (Å²) in [6.45, 7) is 15.3. The number of amides is 4. The van der Waals surface area contributed by atoms with Crippen molar-refractivity contribution in [1.29, 1.82) is 0 Å². The molecule has 16 heteroatoms. The predicted octanol–water partition coefficient (Wildman–Crippen LogP) is 4.80. The van der Waals surface area contributed by atoms with Gasteiger partial charge in [-0.2, -0.15) is 0 Å². The molecule has 0 spiro atoms. The van der Waals surface area contributed by atoms with Crippen LogP contribution in [0.3, 0.4) is 0 Å². The first-order valence-corrected chi connectivity index (χ1v) is 20.7. The number of rotatable bonds is 6. The quantitative estimate of drug-likeness (QED) is 0.275. The van der Waals surface area contributed by atoms with Crippen molar-refractivity contribution in [3.05, 3.63) is 68.1 Å². The zero-order chi connectivity index (χ0) is 39.6. The maximum Gasteiger partial charge on any atom is 0.271 e. The summed E-state index contributed by atoms with van der Waals surface area (Å²) < 4.78 is 12.3. The molecule has 1 unspecified atom stereocenters. The molecule has 1 aromatic carbocycles. The zero-order valence-electron chi connectivity index (χ0n) is 32.4. The number of hydrogen-bond acceptors (Lipinski definition) is 12. The van der Waals surface area contributed by atoms with Gasteiger partial charge in [0.2, 0.25) is 23.6 Å². The summed E-state index contributed by atoms with van der Waals surface area (Å²) in [5.74, 6) is -1.32. The van der Waals surface area contributed by atoms with Crippen LogP contribution >= 0.6 is 22.7 Å². The number of aromatic nitrogens is 2. The van der Waals surface area contributed by atoms with E-state index in [1.54, 1.807) is 24.6 Å². The Labute approximate surface area is 329 Å². The molecule has 2 aromatic heterocycles. The molecular weight excluding hydrogens is 741 g/mol. The summed E-state index contributed by atoms with van der Waals surface area (Å²) in [6.07, 6.45) is -0.0891. The number of fused-ring (bicyclic) bond motifs is 6. The molecule has 3 aliphatic rings. The van der Waals surface area contributed by atoms with Gasteiger partial charge in [-0.25, -0.2) is 20.0 Å². The number of benzene rings is 1. The standard InChI is InChI=1S/C39H50N8O6S2/c1-9-20(6)29-37-47-30(21(7)53-37)34(50)40-24(15-23-13-11-10-12-14-23)38-41-25(16-54-38)32(48)43-27(18(2)3)36-46-31(22(8)52-36)35(51)44-28(19(4)5)39-42-26(17-55-39)33(49)45-29/h10-14,16-22,24,27-31H,9,15H2,1-8H3,(H,40,50)(H,43,48)(H,44,51)(H,45,49)/t20?,21-,22-,24-,27+,28-,29+,30+,31+/m1/s1. The summed E-state index contributed by atoms with van der Waals surface area (Å²) in [5, 5.41) is 16.8. The zero-order valence-corrected chi connectivity index (χ0v) is 34.0. The molecule has 0 saturated carbocycles. The molecule has 0 fully saturated rings. The number of thiazole rings is 2. The number of carbonyl (C=O) groups is 4. The maximum atomic E-state index is 14.0. The Morgan fingerprint density at radius 3 is 1.75 bits per heavy atom. The molecule has 6 rings (SSSR count). The molecule has 9 atom stereocenters. The van der Waals surface area contributed by atoms with E-state index >= 15 is 0 Å². The molecule has 0 saturated heterocycles. The first-order chi connectivity index (χ1) is 26.2. The highest BCUT2D eigenvalue weighted by Crippen LogP contribution is 2.29. The van der Waals surface area contributed by atoms with E-state index in [9.17, 15) is 19.2 Å². The summed E-state index contributed by atoms with van der Waals surface area (Å²) in [7, 11) is 0. The van der Waals surface area contributed by atoms with Crippen LogP contribution in [0.15, 0.2) is 51.1 Å². The third-order valence-electron chi connectivity index (χ3n) is 10.2. The Kier molecular flexibility index (Phi) is 12.3. The van der Waals surface area contributed by atoms with Crippen LogP contribution in [0.4, 0.5) is 0 Å². The van der Waals surface area contributed by atoms with Crippen LogP contribution in [0.1, 0.15) is 110 Å². The van der Waals surface area contributed by atoms with Crippen molar-refractivity contribution in [2.75, 3.05) is 0 Å². The molecule has 8 bridgehead atoms. The smallest absolute Gasteiger partial charge is 0.271 e.